The summed E-state index contributed by atoms with van der Waals surface area (Å²) in [4.78, 5) is 15.8. The lowest BCUT2D eigenvalue weighted by Gasteiger charge is -2.12. The monoisotopic (exact) mass is 703 g/mol. The first-order valence-electron chi connectivity index (χ1n) is 18.5. The zero-order valence-electron chi connectivity index (χ0n) is 29.4. The number of hydrogen-bond acceptors (Lipinski definition) is 4. The number of rotatable bonds is 4. The molecule has 0 saturated heterocycles. The Morgan fingerprint density at radius 1 is 0.364 bits per heavy atom. The Morgan fingerprint density at radius 2 is 0.909 bits per heavy atom. The highest BCUT2D eigenvalue weighted by atomic mass is 16.3. The van der Waals surface area contributed by atoms with Gasteiger partial charge in [-0.15, -0.1) is 0 Å². The predicted octanol–water partition coefficient (Wildman–Crippen LogP) is 12.5. The fraction of sp³-hybridized carbons (Fsp3) is 0. The maximum absolute atomic E-state index is 6.49. The second-order valence-corrected chi connectivity index (χ2v) is 14.0. The van der Waals surface area contributed by atoms with E-state index in [4.69, 9.17) is 19.4 Å². The molecule has 12 aromatic rings. The lowest BCUT2D eigenvalue weighted by Crippen LogP contribution is -2.06. The molecule has 0 aliphatic rings. The number of para-hydroxylation sites is 4. The van der Waals surface area contributed by atoms with Gasteiger partial charge in [0.15, 0.2) is 11.6 Å². The van der Waals surface area contributed by atoms with E-state index in [9.17, 15) is 0 Å². The molecule has 6 nitrogen and oxygen atoms in total. The van der Waals surface area contributed by atoms with Crippen LogP contribution in [0.2, 0.25) is 0 Å². The van der Waals surface area contributed by atoms with Gasteiger partial charge >= 0.3 is 0 Å². The number of furan rings is 1. The van der Waals surface area contributed by atoms with Crippen molar-refractivity contribution in [2.24, 2.45) is 0 Å². The van der Waals surface area contributed by atoms with E-state index in [1.54, 1.807) is 0 Å². The summed E-state index contributed by atoms with van der Waals surface area (Å²) in [6, 6.07) is 61.3. The molecule has 4 heterocycles. The van der Waals surface area contributed by atoms with Gasteiger partial charge in [0.2, 0.25) is 5.95 Å². The van der Waals surface area contributed by atoms with Crippen LogP contribution in [0.25, 0.3) is 111 Å². The molecule has 0 fully saturated rings. The molecule has 55 heavy (non-hydrogen) atoms. The minimum atomic E-state index is 0.551. The van der Waals surface area contributed by atoms with Gasteiger partial charge in [-0.3, -0.25) is 4.57 Å². The summed E-state index contributed by atoms with van der Waals surface area (Å²) in [6.45, 7) is 0. The van der Waals surface area contributed by atoms with Crippen LogP contribution >= 0.6 is 0 Å². The molecule has 4 aromatic heterocycles. The molecule has 0 amide bonds. The van der Waals surface area contributed by atoms with Gasteiger partial charge in [-0.05, 0) is 59.3 Å². The zero-order valence-corrected chi connectivity index (χ0v) is 29.4. The van der Waals surface area contributed by atoms with E-state index >= 15 is 0 Å². The Hall–Kier alpha value is -7.57. The van der Waals surface area contributed by atoms with Gasteiger partial charge in [-0.25, -0.2) is 4.98 Å². The number of nitrogens with zero attached hydrogens (tertiary/aromatic N) is 5. The van der Waals surface area contributed by atoms with Crippen LogP contribution in [0.4, 0.5) is 0 Å². The van der Waals surface area contributed by atoms with Gasteiger partial charge in [-0.1, -0.05) is 127 Å². The molecule has 256 valence electrons. The molecule has 0 radical (unpaired) electrons. The fourth-order valence-corrected chi connectivity index (χ4v) is 8.66. The Balaban J connectivity index is 1.19. The van der Waals surface area contributed by atoms with E-state index in [2.05, 4.69) is 155 Å². The van der Waals surface area contributed by atoms with Crippen molar-refractivity contribution in [3.05, 3.63) is 176 Å². The van der Waals surface area contributed by atoms with E-state index in [-0.39, 0.29) is 0 Å². The van der Waals surface area contributed by atoms with Gasteiger partial charge in [0.05, 0.1) is 22.1 Å². The summed E-state index contributed by atoms with van der Waals surface area (Å²) in [5.41, 5.74) is 8.93. The Bertz CT molecular complexity index is 3490. The number of aromatic nitrogens is 5. The smallest absolute Gasteiger partial charge is 0.238 e. The van der Waals surface area contributed by atoms with Gasteiger partial charge < -0.3 is 8.98 Å². The van der Waals surface area contributed by atoms with Crippen LogP contribution < -0.4 is 0 Å². The van der Waals surface area contributed by atoms with Crippen molar-refractivity contribution in [1.82, 2.24) is 24.1 Å². The molecule has 0 N–H and O–H groups in total. The third kappa shape index (κ3) is 4.33. The van der Waals surface area contributed by atoms with Gasteiger partial charge in [0.1, 0.15) is 11.2 Å². The van der Waals surface area contributed by atoms with E-state index in [1.807, 2.05) is 30.3 Å². The van der Waals surface area contributed by atoms with E-state index in [1.165, 1.54) is 10.8 Å². The lowest BCUT2D eigenvalue weighted by atomic mass is 9.98. The second-order valence-electron chi connectivity index (χ2n) is 14.0. The van der Waals surface area contributed by atoms with Crippen LogP contribution in [-0.2, 0) is 0 Å². The van der Waals surface area contributed by atoms with Crippen LogP contribution in [0.15, 0.2) is 180 Å². The average molecular weight is 704 g/mol. The SMILES string of the molecule is c1ccc(-c2nc(-c3cc4oc5ccccc5c4c4ccccc34)nc(-n3c4ccccc4c4c5c6ccccc6n(-c6ccccc6)c5ccc43)n2)cc1. The average Bonchev–Trinajstić information content (AvgIpc) is 3.91. The van der Waals surface area contributed by atoms with E-state index < -0.39 is 0 Å². The number of fused-ring (bicyclic) bond motifs is 12. The summed E-state index contributed by atoms with van der Waals surface area (Å²) in [6.07, 6.45) is 0. The highest BCUT2D eigenvalue weighted by molar-refractivity contribution is 6.29. The zero-order chi connectivity index (χ0) is 36.0. The lowest BCUT2D eigenvalue weighted by molar-refractivity contribution is 0.669. The standard InChI is InChI=1S/C49H29N5O/c1-3-15-30(16-4-1)47-50-48(37-29-43-44(33-20-8-7-19-32(33)37)36-23-11-14-26-42(36)55-43)52-49(51-47)54-39-25-13-10-22-35(39)46-41(54)28-27-40-45(46)34-21-9-12-24-38(34)53(40)31-17-5-2-6-18-31/h1-29H. The molecule has 8 aromatic carbocycles. The molecule has 0 aliphatic carbocycles. The van der Waals surface area contributed by atoms with Crippen molar-refractivity contribution < 1.29 is 4.42 Å². The van der Waals surface area contributed by atoms with Gasteiger partial charge in [-0.2, -0.15) is 9.97 Å². The Morgan fingerprint density at radius 3 is 1.64 bits per heavy atom. The first kappa shape index (κ1) is 29.9. The topological polar surface area (TPSA) is 61.7 Å². The van der Waals surface area contributed by atoms with Crippen molar-refractivity contribution >= 4 is 76.3 Å². The maximum atomic E-state index is 6.49. The maximum Gasteiger partial charge on any atom is 0.238 e. The molecule has 0 unspecified atom stereocenters. The summed E-state index contributed by atoms with van der Waals surface area (Å²) >= 11 is 0. The van der Waals surface area contributed by atoms with Crippen LogP contribution in [0.1, 0.15) is 0 Å². The predicted molar refractivity (Wildman–Crippen MR) is 224 cm³/mol. The molecular weight excluding hydrogens is 675 g/mol. The van der Waals surface area contributed by atoms with Crippen LogP contribution in [0.5, 0.6) is 0 Å². The van der Waals surface area contributed by atoms with Crippen molar-refractivity contribution in [1.29, 1.82) is 0 Å². The van der Waals surface area contributed by atoms with Crippen LogP contribution in [-0.4, -0.2) is 24.1 Å². The van der Waals surface area contributed by atoms with Crippen LogP contribution in [0, 0.1) is 0 Å². The number of hydrogen-bond donors (Lipinski definition) is 0. The third-order valence-corrected chi connectivity index (χ3v) is 11.0. The van der Waals surface area contributed by atoms with E-state index in [0.717, 1.165) is 82.4 Å². The quantitative estimate of drug-likeness (QED) is 0.183. The highest BCUT2D eigenvalue weighted by Gasteiger charge is 2.23. The van der Waals surface area contributed by atoms with Crippen molar-refractivity contribution in [2.45, 2.75) is 0 Å². The summed E-state index contributed by atoms with van der Waals surface area (Å²) in [5, 5.41) is 9.02. The molecule has 0 saturated carbocycles. The van der Waals surface area contributed by atoms with Gasteiger partial charge in [0.25, 0.3) is 0 Å². The van der Waals surface area contributed by atoms with Crippen LogP contribution in [0.3, 0.4) is 0 Å². The minimum Gasteiger partial charge on any atom is -0.456 e. The largest absolute Gasteiger partial charge is 0.456 e. The van der Waals surface area contributed by atoms with Gasteiger partial charge in [0, 0.05) is 49.1 Å². The van der Waals surface area contributed by atoms with Crippen molar-refractivity contribution in [2.75, 3.05) is 0 Å². The van der Waals surface area contributed by atoms with E-state index in [0.29, 0.717) is 17.6 Å². The molecular formula is C49H29N5O. The molecule has 6 heteroatoms. The molecule has 0 bridgehead atoms. The minimum absolute atomic E-state index is 0.551. The highest BCUT2D eigenvalue weighted by Crippen LogP contribution is 2.43. The fourth-order valence-electron chi connectivity index (χ4n) is 8.66. The first-order valence-corrected chi connectivity index (χ1v) is 18.5. The number of benzene rings is 8. The summed E-state index contributed by atoms with van der Waals surface area (Å²) in [7, 11) is 0. The second kappa shape index (κ2) is 11.5. The Labute approximate surface area is 314 Å². The first-order chi connectivity index (χ1) is 27.3. The molecule has 12 rings (SSSR count). The molecule has 0 aliphatic heterocycles. The Kier molecular flexibility index (Phi) is 6.24. The normalized spacial score (nSPS) is 12.0. The van der Waals surface area contributed by atoms with Crippen molar-refractivity contribution in [3.8, 4) is 34.4 Å². The third-order valence-electron chi connectivity index (χ3n) is 11.0. The summed E-state index contributed by atoms with van der Waals surface area (Å²) in [5.74, 6) is 1.73. The summed E-state index contributed by atoms with van der Waals surface area (Å²) < 4.78 is 11.1. The van der Waals surface area contributed by atoms with Crippen molar-refractivity contribution in [3.63, 3.8) is 0 Å². The molecule has 0 spiro atoms. The molecule has 0 atom stereocenters.